The minimum atomic E-state index is -4.00. The number of nitrogens with one attached hydrogen (secondary N) is 2. The lowest BCUT2D eigenvalue weighted by Crippen LogP contribution is -2.15. The van der Waals surface area contributed by atoms with Gasteiger partial charge in [0.2, 0.25) is 0 Å². The second-order valence-electron chi connectivity index (χ2n) is 6.77. The van der Waals surface area contributed by atoms with Crippen molar-refractivity contribution in [2.75, 3.05) is 10.0 Å². The number of aryl methyl sites for hydroxylation is 1. The van der Waals surface area contributed by atoms with Crippen LogP contribution in [0.4, 0.5) is 11.4 Å². The summed E-state index contributed by atoms with van der Waals surface area (Å²) >= 11 is 11.9. The smallest absolute Gasteiger partial charge is 0.263 e. The lowest BCUT2D eigenvalue weighted by molar-refractivity contribution is 0.102. The molecule has 0 saturated carbocycles. The van der Waals surface area contributed by atoms with E-state index >= 15 is 0 Å². The number of benzene rings is 3. The van der Waals surface area contributed by atoms with Crippen molar-refractivity contribution < 1.29 is 13.2 Å². The number of imidazole rings is 1. The summed E-state index contributed by atoms with van der Waals surface area (Å²) in [5, 5.41) is 3.07. The predicted molar refractivity (Wildman–Crippen MR) is 122 cm³/mol. The molecular weight excluding hydrogens is 459 g/mol. The van der Waals surface area contributed by atoms with Crippen LogP contribution in [0.3, 0.4) is 0 Å². The van der Waals surface area contributed by atoms with Crippen molar-refractivity contribution in [1.29, 1.82) is 0 Å². The van der Waals surface area contributed by atoms with E-state index in [1.807, 2.05) is 17.7 Å². The van der Waals surface area contributed by atoms with Crippen molar-refractivity contribution in [1.82, 2.24) is 9.55 Å². The maximum absolute atomic E-state index is 12.7. The number of sulfonamides is 1. The Morgan fingerprint density at radius 1 is 1.00 bits per heavy atom. The molecule has 0 saturated heterocycles. The number of nitrogens with zero attached hydrogens (tertiary/aromatic N) is 2. The molecule has 31 heavy (non-hydrogen) atoms. The van der Waals surface area contributed by atoms with Gasteiger partial charge in [0.25, 0.3) is 15.9 Å². The molecule has 0 aliphatic rings. The summed E-state index contributed by atoms with van der Waals surface area (Å²) < 4.78 is 29.7. The van der Waals surface area contributed by atoms with Gasteiger partial charge in [-0.3, -0.25) is 9.52 Å². The van der Waals surface area contributed by atoms with Gasteiger partial charge in [-0.1, -0.05) is 29.3 Å². The summed E-state index contributed by atoms with van der Waals surface area (Å²) in [5.74, 6) is -0.392. The molecule has 1 amide bonds. The van der Waals surface area contributed by atoms with Crippen molar-refractivity contribution in [3.63, 3.8) is 0 Å². The number of rotatable bonds is 5. The van der Waals surface area contributed by atoms with Crippen LogP contribution in [-0.4, -0.2) is 23.9 Å². The molecule has 4 rings (SSSR count). The van der Waals surface area contributed by atoms with Gasteiger partial charge in [-0.25, -0.2) is 13.4 Å². The van der Waals surface area contributed by atoms with Gasteiger partial charge in [-0.2, -0.15) is 0 Å². The zero-order valence-corrected chi connectivity index (χ0v) is 18.5. The maximum Gasteiger partial charge on any atom is 0.263 e. The molecule has 7 nitrogen and oxygen atoms in total. The van der Waals surface area contributed by atoms with E-state index in [1.165, 1.54) is 30.3 Å². The number of carbonyl (C=O) groups excluding carboxylic acids is 1. The molecular formula is C21H16Cl2N4O3S. The lowest BCUT2D eigenvalue weighted by Gasteiger charge is -2.11. The molecule has 1 heterocycles. The van der Waals surface area contributed by atoms with Gasteiger partial charge in [0.15, 0.2) is 0 Å². The highest BCUT2D eigenvalue weighted by Gasteiger charge is 2.19. The summed E-state index contributed by atoms with van der Waals surface area (Å²) in [6.45, 7) is 0. The Labute approximate surface area is 188 Å². The maximum atomic E-state index is 12.7. The van der Waals surface area contributed by atoms with Gasteiger partial charge in [-0.05, 0) is 54.6 Å². The minimum Gasteiger partial charge on any atom is -0.334 e. The highest BCUT2D eigenvalue weighted by atomic mass is 35.5. The van der Waals surface area contributed by atoms with E-state index in [9.17, 15) is 13.2 Å². The van der Waals surface area contributed by atoms with Crippen molar-refractivity contribution in [3.8, 4) is 0 Å². The number of anilines is 2. The third-order valence-corrected chi connectivity index (χ3v) is 6.64. The van der Waals surface area contributed by atoms with E-state index in [0.717, 1.165) is 11.0 Å². The largest absolute Gasteiger partial charge is 0.334 e. The number of amides is 1. The summed E-state index contributed by atoms with van der Waals surface area (Å²) in [4.78, 5) is 16.8. The molecule has 4 aromatic rings. The predicted octanol–water partition coefficient (Wildman–Crippen LogP) is 4.93. The fourth-order valence-electron chi connectivity index (χ4n) is 3.03. The molecule has 1 aromatic heterocycles. The average molecular weight is 475 g/mol. The fourth-order valence-corrected chi connectivity index (χ4v) is 4.85. The van der Waals surface area contributed by atoms with Gasteiger partial charge >= 0.3 is 0 Å². The Balaban J connectivity index is 1.55. The van der Waals surface area contributed by atoms with Crippen LogP contribution in [0, 0.1) is 0 Å². The standard InChI is InChI=1S/C21H16Cl2N4O3S/c1-27-12-24-18-11-15(6-8-19(18)27)25-21(28)13-3-2-4-16(9-13)26-31(29,30)20-10-14(22)5-7-17(20)23/h2-12,26H,1H3,(H,25,28). The summed E-state index contributed by atoms with van der Waals surface area (Å²) in [6, 6.07) is 15.7. The number of aromatic nitrogens is 2. The summed E-state index contributed by atoms with van der Waals surface area (Å²) in [7, 11) is -2.11. The molecule has 0 atom stereocenters. The molecule has 10 heteroatoms. The van der Waals surface area contributed by atoms with Crippen LogP contribution in [-0.2, 0) is 17.1 Å². The van der Waals surface area contributed by atoms with Crippen molar-refractivity contribution in [3.05, 3.63) is 82.6 Å². The molecule has 0 spiro atoms. The van der Waals surface area contributed by atoms with E-state index in [-0.39, 0.29) is 26.2 Å². The van der Waals surface area contributed by atoms with Gasteiger partial charge in [0.05, 0.1) is 22.4 Å². The Bertz CT molecular complexity index is 1420. The second kappa shape index (κ2) is 8.22. The first-order chi connectivity index (χ1) is 14.7. The van der Waals surface area contributed by atoms with Gasteiger partial charge in [0, 0.05) is 29.0 Å². The normalized spacial score (nSPS) is 11.5. The molecule has 0 unspecified atom stereocenters. The van der Waals surface area contributed by atoms with Gasteiger partial charge in [-0.15, -0.1) is 0 Å². The topological polar surface area (TPSA) is 93.1 Å². The van der Waals surface area contributed by atoms with Gasteiger partial charge in [0.1, 0.15) is 4.90 Å². The van der Waals surface area contributed by atoms with E-state index in [0.29, 0.717) is 5.69 Å². The molecule has 0 aliphatic heterocycles. The Kier molecular flexibility index (Phi) is 5.62. The Morgan fingerprint density at radius 3 is 2.61 bits per heavy atom. The van der Waals surface area contributed by atoms with E-state index in [1.54, 1.807) is 30.6 Å². The highest BCUT2D eigenvalue weighted by Crippen LogP contribution is 2.27. The Morgan fingerprint density at radius 2 is 1.81 bits per heavy atom. The second-order valence-corrected chi connectivity index (χ2v) is 9.27. The number of hydrogen-bond donors (Lipinski definition) is 2. The molecule has 3 aromatic carbocycles. The van der Waals surface area contributed by atoms with Gasteiger partial charge < -0.3 is 9.88 Å². The monoisotopic (exact) mass is 474 g/mol. The third-order valence-electron chi connectivity index (χ3n) is 4.54. The van der Waals surface area contributed by atoms with Crippen LogP contribution in [0.2, 0.25) is 10.0 Å². The molecule has 2 N–H and O–H groups in total. The first-order valence-corrected chi connectivity index (χ1v) is 11.3. The van der Waals surface area contributed by atoms with Crippen LogP contribution < -0.4 is 10.0 Å². The highest BCUT2D eigenvalue weighted by molar-refractivity contribution is 7.92. The SMILES string of the molecule is Cn1cnc2cc(NC(=O)c3cccc(NS(=O)(=O)c4cc(Cl)ccc4Cl)c3)ccc21. The molecule has 0 aliphatic carbocycles. The minimum absolute atomic E-state index is 0.0377. The van der Waals surface area contributed by atoms with Crippen LogP contribution in [0.5, 0.6) is 0 Å². The van der Waals surface area contributed by atoms with E-state index in [2.05, 4.69) is 15.0 Å². The quantitative estimate of drug-likeness (QED) is 0.428. The first kappa shape index (κ1) is 21.2. The van der Waals surface area contributed by atoms with Crippen LogP contribution in [0.15, 0.2) is 71.9 Å². The summed E-state index contributed by atoms with van der Waals surface area (Å²) in [6.07, 6.45) is 1.69. The number of halogens is 2. The molecule has 0 fully saturated rings. The van der Waals surface area contributed by atoms with Crippen molar-refractivity contribution >= 4 is 61.5 Å². The van der Waals surface area contributed by atoms with Crippen molar-refractivity contribution in [2.24, 2.45) is 7.05 Å². The Hall–Kier alpha value is -3.07. The number of carbonyl (C=O) groups is 1. The number of fused-ring (bicyclic) bond motifs is 1. The summed E-state index contributed by atoms with van der Waals surface area (Å²) in [5.41, 5.74) is 2.75. The van der Waals surface area contributed by atoms with E-state index < -0.39 is 15.9 Å². The molecule has 0 radical (unpaired) electrons. The van der Waals surface area contributed by atoms with Crippen LogP contribution in [0.1, 0.15) is 10.4 Å². The van der Waals surface area contributed by atoms with Crippen molar-refractivity contribution in [2.45, 2.75) is 4.90 Å². The molecule has 0 bridgehead atoms. The zero-order chi connectivity index (χ0) is 22.2. The average Bonchev–Trinajstić information content (AvgIpc) is 3.09. The molecule has 158 valence electrons. The van der Waals surface area contributed by atoms with Crippen LogP contribution >= 0.6 is 23.2 Å². The third kappa shape index (κ3) is 4.51. The first-order valence-electron chi connectivity index (χ1n) is 9.03. The lowest BCUT2D eigenvalue weighted by atomic mass is 10.2. The number of hydrogen-bond acceptors (Lipinski definition) is 4. The van der Waals surface area contributed by atoms with E-state index in [4.69, 9.17) is 23.2 Å². The fraction of sp³-hybridized carbons (Fsp3) is 0.0476. The van der Waals surface area contributed by atoms with Crippen LogP contribution in [0.25, 0.3) is 11.0 Å². The zero-order valence-electron chi connectivity index (χ0n) is 16.1.